The third-order valence-corrected chi connectivity index (χ3v) is 3.91. The number of esters is 1. The minimum absolute atomic E-state index is 0.00904. The average molecular weight is 357 g/mol. The zero-order chi connectivity index (χ0) is 18.1. The van der Waals surface area contributed by atoms with E-state index in [2.05, 4.69) is 10.1 Å². The van der Waals surface area contributed by atoms with Crippen molar-refractivity contribution in [3.63, 3.8) is 0 Å². The Balaban J connectivity index is 2.32. The lowest BCUT2D eigenvalue weighted by atomic mass is 9.89. The molecule has 2 unspecified atom stereocenters. The van der Waals surface area contributed by atoms with Gasteiger partial charge >= 0.3 is 5.97 Å². The molecule has 0 fully saturated rings. The molecule has 128 valence electrons. The van der Waals surface area contributed by atoms with Gasteiger partial charge in [-0.1, -0.05) is 0 Å². The normalized spacial score (nSPS) is 20.0. The summed E-state index contributed by atoms with van der Waals surface area (Å²) in [6, 6.07) is 3.39. The minimum Gasteiger partial charge on any atom is -0.465 e. The van der Waals surface area contributed by atoms with Gasteiger partial charge in [0.15, 0.2) is 16.8 Å². The highest BCUT2D eigenvalue weighted by molar-refractivity contribution is 6.41. The van der Waals surface area contributed by atoms with Crippen molar-refractivity contribution >= 4 is 40.6 Å². The van der Waals surface area contributed by atoms with Gasteiger partial charge in [0.25, 0.3) is 11.6 Å². The number of hydrogen-bond donors (Lipinski definition) is 2. The number of hydrogen-bond acceptors (Lipinski definition) is 7. The first-order chi connectivity index (χ1) is 11.2. The van der Waals surface area contributed by atoms with Crippen LogP contribution in [-0.2, 0) is 24.7 Å². The maximum absolute atomic E-state index is 12.1. The number of nitro benzene ring substituents is 1. The fraction of sp³-hybridized carbons (Fsp3) is 0.357. The minimum atomic E-state index is -2.35. The average Bonchev–Trinajstić information content (AvgIpc) is 2.77. The van der Waals surface area contributed by atoms with Crippen LogP contribution in [-0.4, -0.2) is 39.7 Å². The van der Waals surface area contributed by atoms with Crippen molar-refractivity contribution in [1.29, 1.82) is 0 Å². The van der Waals surface area contributed by atoms with E-state index in [9.17, 15) is 29.6 Å². The van der Waals surface area contributed by atoms with Gasteiger partial charge in [-0.2, -0.15) is 0 Å². The molecule has 1 aliphatic rings. The number of halogens is 1. The van der Waals surface area contributed by atoms with Crippen LogP contribution in [0.2, 0.25) is 0 Å². The van der Waals surface area contributed by atoms with Crippen LogP contribution in [0.15, 0.2) is 18.2 Å². The number of ketones is 1. The molecule has 1 aromatic carbocycles. The highest BCUT2D eigenvalue weighted by Gasteiger charge is 2.49. The number of amides is 1. The van der Waals surface area contributed by atoms with E-state index in [0.717, 1.165) is 12.1 Å². The predicted octanol–water partition coefficient (Wildman–Crippen LogP) is 0.864. The van der Waals surface area contributed by atoms with Crippen molar-refractivity contribution in [2.45, 2.75) is 24.3 Å². The highest BCUT2D eigenvalue weighted by Crippen LogP contribution is 2.40. The Bertz CT molecular complexity index is 736. The summed E-state index contributed by atoms with van der Waals surface area (Å²) in [4.78, 5) is 45.8. The Kier molecular flexibility index (Phi) is 4.86. The molecule has 9 nitrogen and oxygen atoms in total. The van der Waals surface area contributed by atoms with Crippen molar-refractivity contribution in [1.82, 2.24) is 0 Å². The van der Waals surface area contributed by atoms with E-state index < -0.39 is 40.0 Å². The van der Waals surface area contributed by atoms with Crippen molar-refractivity contribution in [2.75, 3.05) is 11.9 Å². The Morgan fingerprint density at radius 1 is 1.50 bits per heavy atom. The summed E-state index contributed by atoms with van der Waals surface area (Å²) >= 11 is 5.68. The van der Waals surface area contributed by atoms with Gasteiger partial charge in [-0.25, -0.2) is 4.79 Å². The van der Waals surface area contributed by atoms with E-state index >= 15 is 0 Å². The second kappa shape index (κ2) is 6.54. The summed E-state index contributed by atoms with van der Waals surface area (Å²) < 4.78 is 4.61. The molecule has 10 heteroatoms. The lowest BCUT2D eigenvalue weighted by Crippen LogP contribution is -2.40. The number of nitro groups is 1. The Morgan fingerprint density at radius 3 is 2.75 bits per heavy atom. The van der Waals surface area contributed by atoms with E-state index in [-0.39, 0.29) is 23.5 Å². The molecule has 0 radical (unpaired) electrons. The summed E-state index contributed by atoms with van der Waals surface area (Å²) in [5.41, 5.74) is -2.69. The summed E-state index contributed by atoms with van der Waals surface area (Å²) in [5, 5.41) is 22.1. The molecule has 0 saturated heterocycles. The first kappa shape index (κ1) is 17.8. The molecule has 0 aliphatic carbocycles. The van der Waals surface area contributed by atoms with E-state index in [0.29, 0.717) is 0 Å². The number of non-ortho nitro benzene ring substituents is 1. The predicted molar refractivity (Wildman–Crippen MR) is 81.5 cm³/mol. The number of Topliss-reactive ketones (excluding diaryl/α,β-unsaturated/α-hetero) is 1. The fourth-order valence-corrected chi connectivity index (χ4v) is 2.45. The topological polar surface area (TPSA) is 136 Å². The molecule has 0 spiro atoms. The molecule has 24 heavy (non-hydrogen) atoms. The molecule has 0 aromatic heterocycles. The van der Waals surface area contributed by atoms with Crippen LogP contribution in [0.5, 0.6) is 0 Å². The van der Waals surface area contributed by atoms with E-state index in [1.165, 1.54) is 13.0 Å². The van der Waals surface area contributed by atoms with E-state index in [4.69, 9.17) is 11.6 Å². The first-order valence-corrected chi connectivity index (χ1v) is 7.30. The SMILES string of the molecule is CCOC(=O)C(Cl)C(=O)CC1(O)C(=O)Nc2ccc([N+](=O)[O-])cc21. The van der Waals surface area contributed by atoms with Crippen LogP contribution < -0.4 is 5.32 Å². The lowest BCUT2D eigenvalue weighted by Gasteiger charge is -2.20. The van der Waals surface area contributed by atoms with Crippen LogP contribution in [0.1, 0.15) is 18.9 Å². The van der Waals surface area contributed by atoms with Crippen LogP contribution in [0.25, 0.3) is 0 Å². The third kappa shape index (κ3) is 3.08. The van der Waals surface area contributed by atoms with Crippen LogP contribution in [0.3, 0.4) is 0 Å². The summed E-state index contributed by atoms with van der Waals surface area (Å²) in [5.74, 6) is -2.86. The quantitative estimate of drug-likeness (QED) is 0.253. The maximum Gasteiger partial charge on any atom is 0.331 e. The molecular formula is C14H13ClN2O7. The Labute approximate surface area is 140 Å². The van der Waals surface area contributed by atoms with Gasteiger partial charge in [0.05, 0.1) is 18.0 Å². The molecule has 2 N–H and O–H groups in total. The molecule has 0 saturated carbocycles. The zero-order valence-electron chi connectivity index (χ0n) is 12.4. The Morgan fingerprint density at radius 2 is 2.17 bits per heavy atom. The van der Waals surface area contributed by atoms with Crippen LogP contribution in [0.4, 0.5) is 11.4 Å². The molecule has 1 amide bonds. The number of rotatable bonds is 6. The van der Waals surface area contributed by atoms with Crippen molar-refractivity contribution in [3.05, 3.63) is 33.9 Å². The number of ether oxygens (including phenoxy) is 1. The van der Waals surface area contributed by atoms with Crippen LogP contribution >= 0.6 is 11.6 Å². The summed E-state index contributed by atoms with van der Waals surface area (Å²) in [7, 11) is 0. The largest absolute Gasteiger partial charge is 0.465 e. The van der Waals surface area contributed by atoms with Gasteiger partial charge in [-0.15, -0.1) is 11.6 Å². The standard InChI is InChI=1S/C14H13ClN2O7/c1-2-24-12(19)11(15)10(18)6-14(21)8-5-7(17(22)23)3-4-9(8)16-13(14)20/h3-5,11,21H,2,6H2,1H3,(H,16,20). The number of fused-ring (bicyclic) bond motifs is 1. The monoisotopic (exact) mass is 356 g/mol. The van der Waals surface area contributed by atoms with Crippen molar-refractivity contribution in [3.8, 4) is 0 Å². The summed E-state index contributed by atoms with van der Waals surface area (Å²) in [6.07, 6.45) is -0.819. The van der Waals surface area contributed by atoms with E-state index in [1.54, 1.807) is 0 Å². The summed E-state index contributed by atoms with van der Waals surface area (Å²) in [6.45, 7) is 1.54. The number of carbonyl (C=O) groups excluding carboxylic acids is 3. The first-order valence-electron chi connectivity index (χ1n) is 6.87. The van der Waals surface area contributed by atoms with E-state index in [1.807, 2.05) is 0 Å². The molecule has 0 bridgehead atoms. The lowest BCUT2D eigenvalue weighted by molar-refractivity contribution is -0.385. The van der Waals surface area contributed by atoms with Gasteiger partial charge in [-0.3, -0.25) is 19.7 Å². The van der Waals surface area contributed by atoms with Crippen molar-refractivity contribution in [2.24, 2.45) is 0 Å². The number of nitrogens with one attached hydrogen (secondary N) is 1. The molecule has 1 aliphatic heterocycles. The van der Waals surface area contributed by atoms with Gasteiger partial charge in [0.1, 0.15) is 0 Å². The molecule has 1 aromatic rings. The van der Waals surface area contributed by atoms with Gasteiger partial charge < -0.3 is 15.2 Å². The Hall–Kier alpha value is -2.52. The fourth-order valence-electron chi connectivity index (χ4n) is 2.31. The van der Waals surface area contributed by atoms with Gasteiger partial charge in [0.2, 0.25) is 0 Å². The molecule has 2 atom stereocenters. The number of anilines is 1. The number of aliphatic hydroxyl groups is 1. The van der Waals surface area contributed by atoms with Crippen LogP contribution in [0, 0.1) is 10.1 Å². The molecular weight excluding hydrogens is 344 g/mol. The second-order valence-corrected chi connectivity index (χ2v) is 5.50. The van der Waals surface area contributed by atoms with Crippen molar-refractivity contribution < 1.29 is 29.2 Å². The highest BCUT2D eigenvalue weighted by atomic mass is 35.5. The zero-order valence-corrected chi connectivity index (χ0v) is 13.2. The third-order valence-electron chi connectivity index (χ3n) is 3.49. The molecule has 2 rings (SSSR count). The number of benzene rings is 1. The maximum atomic E-state index is 12.1. The second-order valence-electron chi connectivity index (χ2n) is 5.06. The number of nitrogens with zero attached hydrogens (tertiary/aromatic N) is 1. The number of carbonyl (C=O) groups is 3. The van der Waals surface area contributed by atoms with Gasteiger partial charge in [0, 0.05) is 23.4 Å². The molecule has 1 heterocycles. The van der Waals surface area contributed by atoms with Gasteiger partial charge in [-0.05, 0) is 13.0 Å². The number of alkyl halides is 1. The smallest absolute Gasteiger partial charge is 0.331 e.